The molecule has 0 aliphatic carbocycles. The maximum absolute atomic E-state index is 12.5. The van der Waals surface area contributed by atoms with Gasteiger partial charge in [0, 0.05) is 5.56 Å². The Kier molecular flexibility index (Phi) is 8.61. The highest BCUT2D eigenvalue weighted by Crippen LogP contribution is 2.29. The largest absolute Gasteiger partial charge is 0.493 e. The third-order valence-corrected chi connectivity index (χ3v) is 7.08. The molecule has 0 aliphatic rings. The second-order valence-electron chi connectivity index (χ2n) is 9.08. The van der Waals surface area contributed by atoms with Crippen molar-refractivity contribution in [1.82, 2.24) is 15.6 Å². The van der Waals surface area contributed by atoms with Gasteiger partial charge in [0.1, 0.15) is 11.6 Å². The highest BCUT2D eigenvalue weighted by Gasteiger charge is 2.14. The summed E-state index contributed by atoms with van der Waals surface area (Å²) in [5, 5.41) is 17.8. The minimum Gasteiger partial charge on any atom is -0.493 e. The van der Waals surface area contributed by atoms with E-state index in [1.807, 2.05) is 49.4 Å². The fourth-order valence-corrected chi connectivity index (χ4v) is 4.91. The number of carbonyl (C=O) groups excluding carboxylic acids is 2. The van der Waals surface area contributed by atoms with Crippen LogP contribution in [-0.2, 0) is 17.8 Å². The van der Waals surface area contributed by atoms with Crippen LogP contribution in [0.2, 0.25) is 0 Å². The molecule has 41 heavy (non-hydrogen) atoms. The van der Waals surface area contributed by atoms with E-state index in [4.69, 9.17) is 9.47 Å². The number of nitrogens with zero attached hydrogens (tertiary/aromatic N) is 3. The lowest BCUT2D eigenvalue weighted by Crippen LogP contribution is -2.19. The number of aryl methyl sites for hydroxylation is 1. The van der Waals surface area contributed by atoms with Crippen LogP contribution in [-0.4, -0.2) is 35.3 Å². The number of aromatic nitrogens is 2. The Bertz CT molecular complexity index is 1730. The number of nitrogens with one attached hydrogen (secondary N) is 2. The molecule has 0 spiro atoms. The smallest absolute Gasteiger partial charge is 0.257 e. The van der Waals surface area contributed by atoms with Crippen LogP contribution in [0.4, 0.5) is 5.13 Å². The second-order valence-corrected chi connectivity index (χ2v) is 10.1. The van der Waals surface area contributed by atoms with E-state index >= 15 is 0 Å². The quantitative estimate of drug-likeness (QED) is 0.170. The fourth-order valence-electron chi connectivity index (χ4n) is 4.18. The number of hydrogen-bond donors (Lipinski definition) is 2. The van der Waals surface area contributed by atoms with Gasteiger partial charge in [-0.2, -0.15) is 5.10 Å². The predicted octanol–water partition coefficient (Wildman–Crippen LogP) is 5.53. The van der Waals surface area contributed by atoms with Crippen LogP contribution in [0.15, 0.2) is 90.0 Å². The summed E-state index contributed by atoms with van der Waals surface area (Å²) in [6.45, 7) is 2.25. The molecule has 0 unspecified atom stereocenters. The molecule has 206 valence electrons. The first-order valence-electron chi connectivity index (χ1n) is 12.8. The summed E-state index contributed by atoms with van der Waals surface area (Å²) in [7, 11) is 1.57. The van der Waals surface area contributed by atoms with Crippen molar-refractivity contribution < 1.29 is 19.1 Å². The molecule has 5 aromatic rings. The molecule has 2 N–H and O–H groups in total. The Balaban J connectivity index is 1.14. The summed E-state index contributed by atoms with van der Waals surface area (Å²) in [5.41, 5.74) is 5.69. The molecule has 0 aliphatic heterocycles. The highest BCUT2D eigenvalue weighted by atomic mass is 32.1. The number of rotatable bonds is 10. The van der Waals surface area contributed by atoms with E-state index in [1.165, 1.54) is 6.21 Å². The highest BCUT2D eigenvalue weighted by molar-refractivity contribution is 7.15. The molecule has 1 heterocycles. The van der Waals surface area contributed by atoms with Crippen molar-refractivity contribution >= 4 is 45.3 Å². The SMILES string of the molecule is COc1cc(C=NNC(=O)Cc2nnc(NC(=O)c3ccccc3C)s2)ccc1OCc1cccc2ccccc12. The van der Waals surface area contributed by atoms with Gasteiger partial charge >= 0.3 is 0 Å². The van der Waals surface area contributed by atoms with Gasteiger partial charge in [-0.3, -0.25) is 14.9 Å². The zero-order valence-corrected chi connectivity index (χ0v) is 23.3. The molecule has 4 aromatic carbocycles. The van der Waals surface area contributed by atoms with E-state index in [2.05, 4.69) is 44.2 Å². The molecule has 0 saturated carbocycles. The molecule has 0 atom stereocenters. The van der Waals surface area contributed by atoms with E-state index in [9.17, 15) is 9.59 Å². The van der Waals surface area contributed by atoms with Crippen molar-refractivity contribution in [2.24, 2.45) is 5.10 Å². The van der Waals surface area contributed by atoms with Crippen LogP contribution in [0.5, 0.6) is 11.5 Å². The van der Waals surface area contributed by atoms with Crippen LogP contribution in [0.3, 0.4) is 0 Å². The Morgan fingerprint density at radius 2 is 1.76 bits per heavy atom. The van der Waals surface area contributed by atoms with Gasteiger partial charge in [0.2, 0.25) is 11.0 Å². The Morgan fingerprint density at radius 3 is 2.61 bits per heavy atom. The van der Waals surface area contributed by atoms with Gasteiger partial charge in [0.15, 0.2) is 11.5 Å². The van der Waals surface area contributed by atoms with Crippen molar-refractivity contribution in [1.29, 1.82) is 0 Å². The number of benzene rings is 4. The average molecular weight is 566 g/mol. The average Bonchev–Trinajstić information content (AvgIpc) is 3.42. The summed E-state index contributed by atoms with van der Waals surface area (Å²) in [6, 6.07) is 27.0. The third-order valence-electron chi connectivity index (χ3n) is 6.24. The topological polar surface area (TPSA) is 115 Å². The van der Waals surface area contributed by atoms with Gasteiger partial charge in [0.25, 0.3) is 5.91 Å². The summed E-state index contributed by atoms with van der Waals surface area (Å²) in [6.07, 6.45) is 1.49. The third kappa shape index (κ3) is 6.92. The summed E-state index contributed by atoms with van der Waals surface area (Å²) < 4.78 is 11.6. The molecular weight excluding hydrogens is 538 g/mol. The molecule has 2 amide bonds. The van der Waals surface area contributed by atoms with Gasteiger partial charge in [0.05, 0.1) is 19.7 Å². The summed E-state index contributed by atoms with van der Waals surface area (Å²) >= 11 is 1.13. The first-order chi connectivity index (χ1) is 20.0. The summed E-state index contributed by atoms with van der Waals surface area (Å²) in [5.74, 6) is 0.509. The number of methoxy groups -OCH3 is 1. The number of ether oxygens (including phenoxy) is 2. The normalized spacial score (nSPS) is 11.0. The zero-order valence-electron chi connectivity index (χ0n) is 22.5. The van der Waals surface area contributed by atoms with E-state index < -0.39 is 0 Å². The molecule has 10 heteroatoms. The van der Waals surface area contributed by atoms with Crippen LogP contribution >= 0.6 is 11.3 Å². The van der Waals surface area contributed by atoms with Crippen LogP contribution in [0, 0.1) is 6.92 Å². The lowest BCUT2D eigenvalue weighted by atomic mass is 10.1. The first kappa shape index (κ1) is 27.5. The van der Waals surface area contributed by atoms with Crippen molar-refractivity contribution in [3.63, 3.8) is 0 Å². The molecule has 1 aromatic heterocycles. The monoisotopic (exact) mass is 565 g/mol. The van der Waals surface area contributed by atoms with Gasteiger partial charge in [-0.1, -0.05) is 72.0 Å². The van der Waals surface area contributed by atoms with E-state index in [-0.39, 0.29) is 18.2 Å². The lowest BCUT2D eigenvalue weighted by Gasteiger charge is -2.12. The number of amides is 2. The standard InChI is InChI=1S/C31H27N5O4S/c1-20-8-3-5-12-24(20)30(38)33-31-36-35-29(41-31)17-28(37)34-32-18-21-14-15-26(27(16-21)39-2)40-19-23-11-7-10-22-9-4-6-13-25(22)23/h3-16,18H,17,19H2,1-2H3,(H,34,37)(H,33,36,38). The van der Waals surface area contributed by atoms with Gasteiger partial charge in [-0.25, -0.2) is 5.43 Å². The Labute approximate surface area is 240 Å². The predicted molar refractivity (Wildman–Crippen MR) is 160 cm³/mol. The van der Waals surface area contributed by atoms with Gasteiger partial charge < -0.3 is 9.47 Å². The number of fused-ring (bicyclic) bond motifs is 1. The molecule has 0 bridgehead atoms. The number of hydrogen-bond acceptors (Lipinski definition) is 8. The number of anilines is 1. The number of hydrazone groups is 1. The molecule has 9 nitrogen and oxygen atoms in total. The van der Waals surface area contributed by atoms with Crippen molar-refractivity contribution in [2.75, 3.05) is 12.4 Å². The minimum absolute atomic E-state index is 0.0283. The Morgan fingerprint density at radius 1 is 0.951 bits per heavy atom. The fraction of sp³-hybridized carbons (Fsp3) is 0.129. The zero-order chi connectivity index (χ0) is 28.6. The molecule has 0 fully saturated rings. The molecular formula is C31H27N5O4S. The van der Waals surface area contributed by atoms with Crippen molar-refractivity contribution in [2.45, 2.75) is 20.0 Å². The van der Waals surface area contributed by atoms with E-state index in [1.54, 1.807) is 31.4 Å². The van der Waals surface area contributed by atoms with Crippen LogP contribution in [0.25, 0.3) is 10.8 Å². The molecule has 5 rings (SSSR count). The van der Waals surface area contributed by atoms with Gasteiger partial charge in [-0.15, -0.1) is 10.2 Å². The van der Waals surface area contributed by atoms with Crippen molar-refractivity contribution in [3.8, 4) is 11.5 Å². The van der Waals surface area contributed by atoms with Crippen LogP contribution in [0.1, 0.15) is 32.1 Å². The minimum atomic E-state index is -0.365. The maximum atomic E-state index is 12.5. The molecule has 0 radical (unpaired) electrons. The van der Waals surface area contributed by atoms with Crippen LogP contribution < -0.4 is 20.2 Å². The maximum Gasteiger partial charge on any atom is 0.257 e. The molecule has 0 saturated heterocycles. The first-order valence-corrected chi connectivity index (χ1v) is 13.6. The van der Waals surface area contributed by atoms with Crippen molar-refractivity contribution in [3.05, 3.63) is 112 Å². The van der Waals surface area contributed by atoms with Gasteiger partial charge in [-0.05, 0) is 58.7 Å². The van der Waals surface area contributed by atoms with E-state index in [0.29, 0.717) is 33.8 Å². The Hall–Kier alpha value is -5.09. The summed E-state index contributed by atoms with van der Waals surface area (Å²) in [4.78, 5) is 24.8. The second kappa shape index (κ2) is 12.8. The number of carbonyl (C=O) groups is 2. The van der Waals surface area contributed by atoms with E-state index in [0.717, 1.165) is 38.8 Å². The lowest BCUT2D eigenvalue weighted by molar-refractivity contribution is -0.120.